The molecule has 4 nitrogen and oxygen atoms in total. The molecule has 6 heteroatoms. The topological polar surface area (TPSA) is 54.0 Å². The van der Waals surface area contributed by atoms with Crippen molar-refractivity contribution in [3.63, 3.8) is 0 Å². The van der Waals surface area contributed by atoms with Gasteiger partial charge in [0.15, 0.2) is 0 Å². The van der Waals surface area contributed by atoms with E-state index in [0.29, 0.717) is 15.9 Å². The molecule has 2 N–H and O–H groups in total. The summed E-state index contributed by atoms with van der Waals surface area (Å²) in [4.78, 5) is 16.1. The van der Waals surface area contributed by atoms with Crippen LogP contribution in [0.5, 0.6) is 0 Å². The highest BCUT2D eigenvalue weighted by Gasteiger charge is 2.21. The molecule has 0 aliphatic rings. The number of aromatic nitrogens is 1. The fourth-order valence-electron chi connectivity index (χ4n) is 1.59. The third-order valence-corrected chi connectivity index (χ3v) is 3.63. The first-order valence-corrected chi connectivity index (χ1v) is 7.51. The van der Waals surface area contributed by atoms with Gasteiger partial charge in [-0.25, -0.2) is 4.98 Å². The van der Waals surface area contributed by atoms with E-state index in [0.717, 1.165) is 11.4 Å². The number of pyridine rings is 1. The van der Waals surface area contributed by atoms with Gasteiger partial charge in [-0.15, -0.1) is 0 Å². The summed E-state index contributed by atoms with van der Waals surface area (Å²) in [5, 5.41) is 6.92. The molecule has 0 spiro atoms. The zero-order valence-electron chi connectivity index (χ0n) is 12.6. The van der Waals surface area contributed by atoms with Gasteiger partial charge >= 0.3 is 0 Å². The van der Waals surface area contributed by atoms with Crippen LogP contribution in [0, 0.1) is 5.41 Å². The zero-order chi connectivity index (χ0) is 16.3. The lowest BCUT2D eigenvalue weighted by Crippen LogP contribution is -2.27. The van der Waals surface area contributed by atoms with E-state index < -0.39 is 5.41 Å². The predicted molar refractivity (Wildman–Crippen MR) is 92.1 cm³/mol. The van der Waals surface area contributed by atoms with Gasteiger partial charge < -0.3 is 10.6 Å². The number of amides is 1. The van der Waals surface area contributed by atoms with E-state index in [9.17, 15) is 4.79 Å². The van der Waals surface area contributed by atoms with Gasteiger partial charge in [-0.1, -0.05) is 44.0 Å². The number of anilines is 3. The molecule has 1 aromatic heterocycles. The van der Waals surface area contributed by atoms with E-state index in [-0.39, 0.29) is 5.91 Å². The number of carbonyl (C=O) groups is 1. The van der Waals surface area contributed by atoms with Gasteiger partial charge in [0.1, 0.15) is 5.82 Å². The Morgan fingerprint density at radius 1 is 1.05 bits per heavy atom. The number of carbonyl (C=O) groups excluding carboxylic acids is 1. The Kier molecular flexibility index (Phi) is 4.94. The van der Waals surface area contributed by atoms with Crippen molar-refractivity contribution in [1.82, 2.24) is 4.98 Å². The van der Waals surface area contributed by atoms with Crippen LogP contribution in [0.3, 0.4) is 0 Å². The van der Waals surface area contributed by atoms with Crippen molar-refractivity contribution >= 4 is 46.3 Å². The standard InChI is InChI=1S/C16H17Cl2N3O/c1-16(2,3)15(22)21-14-7-5-11(9-19-14)20-10-4-6-12(17)13(18)8-10/h4-9,20H,1-3H3,(H,19,21,22). The second-order valence-electron chi connectivity index (χ2n) is 5.89. The Morgan fingerprint density at radius 2 is 1.73 bits per heavy atom. The highest BCUT2D eigenvalue weighted by molar-refractivity contribution is 6.42. The van der Waals surface area contributed by atoms with Gasteiger partial charge in [0.2, 0.25) is 5.91 Å². The van der Waals surface area contributed by atoms with Crippen LogP contribution in [0.25, 0.3) is 0 Å². The van der Waals surface area contributed by atoms with Gasteiger partial charge in [-0.05, 0) is 30.3 Å². The van der Waals surface area contributed by atoms with Crippen molar-refractivity contribution in [1.29, 1.82) is 0 Å². The highest BCUT2D eigenvalue weighted by Crippen LogP contribution is 2.27. The maximum absolute atomic E-state index is 11.9. The number of hydrogen-bond acceptors (Lipinski definition) is 3. The minimum Gasteiger partial charge on any atom is -0.354 e. The average Bonchev–Trinajstić information content (AvgIpc) is 2.44. The zero-order valence-corrected chi connectivity index (χ0v) is 14.1. The van der Waals surface area contributed by atoms with Gasteiger partial charge in [0.25, 0.3) is 0 Å². The predicted octanol–water partition coefficient (Wildman–Crippen LogP) is 5.12. The van der Waals surface area contributed by atoms with Crippen molar-refractivity contribution in [2.24, 2.45) is 5.41 Å². The maximum atomic E-state index is 11.9. The van der Waals surface area contributed by atoms with Crippen LogP contribution in [0.15, 0.2) is 36.5 Å². The number of hydrogen-bond donors (Lipinski definition) is 2. The van der Waals surface area contributed by atoms with Gasteiger partial charge in [0.05, 0.1) is 21.9 Å². The Bertz CT molecular complexity index is 679. The molecule has 2 rings (SSSR count). The summed E-state index contributed by atoms with van der Waals surface area (Å²) in [6.45, 7) is 5.55. The summed E-state index contributed by atoms with van der Waals surface area (Å²) in [6.07, 6.45) is 1.64. The van der Waals surface area contributed by atoms with E-state index in [1.807, 2.05) is 32.9 Å². The van der Waals surface area contributed by atoms with Gasteiger partial charge in [0, 0.05) is 11.1 Å². The molecule has 1 amide bonds. The summed E-state index contributed by atoms with van der Waals surface area (Å²) in [5.74, 6) is 0.435. The third kappa shape index (κ3) is 4.36. The molecule has 1 aromatic carbocycles. The summed E-state index contributed by atoms with van der Waals surface area (Å²) in [6, 6.07) is 8.84. The smallest absolute Gasteiger partial charge is 0.230 e. The van der Waals surface area contributed by atoms with Crippen LogP contribution >= 0.6 is 23.2 Å². The van der Waals surface area contributed by atoms with Crippen LogP contribution in [-0.4, -0.2) is 10.9 Å². The van der Waals surface area contributed by atoms with E-state index in [1.54, 1.807) is 24.4 Å². The number of rotatable bonds is 3. The van der Waals surface area contributed by atoms with Crippen molar-refractivity contribution in [2.75, 3.05) is 10.6 Å². The first-order chi connectivity index (χ1) is 10.3. The lowest BCUT2D eigenvalue weighted by molar-refractivity contribution is -0.123. The summed E-state index contributed by atoms with van der Waals surface area (Å²) >= 11 is 11.8. The van der Waals surface area contributed by atoms with E-state index in [4.69, 9.17) is 23.2 Å². The molecule has 0 saturated carbocycles. The molecule has 0 bridgehead atoms. The third-order valence-electron chi connectivity index (χ3n) is 2.89. The molecule has 0 aliphatic heterocycles. The number of halogens is 2. The molecule has 2 aromatic rings. The Hall–Kier alpha value is -1.78. The molecule has 0 saturated heterocycles. The second-order valence-corrected chi connectivity index (χ2v) is 6.70. The molecule has 1 heterocycles. The Morgan fingerprint density at radius 3 is 2.27 bits per heavy atom. The van der Waals surface area contributed by atoms with E-state index in [1.165, 1.54) is 0 Å². The molecule has 0 radical (unpaired) electrons. The van der Waals surface area contributed by atoms with Gasteiger partial charge in [-0.3, -0.25) is 4.79 Å². The molecule has 0 aliphatic carbocycles. The van der Waals surface area contributed by atoms with Crippen molar-refractivity contribution in [3.05, 3.63) is 46.6 Å². The van der Waals surface area contributed by atoms with Gasteiger partial charge in [-0.2, -0.15) is 0 Å². The lowest BCUT2D eigenvalue weighted by atomic mass is 9.96. The molecule has 0 atom stereocenters. The molecular weight excluding hydrogens is 321 g/mol. The van der Waals surface area contributed by atoms with E-state index >= 15 is 0 Å². The minimum absolute atomic E-state index is 0.0785. The lowest BCUT2D eigenvalue weighted by Gasteiger charge is -2.17. The van der Waals surface area contributed by atoms with Crippen LogP contribution in [0.2, 0.25) is 10.0 Å². The fraction of sp³-hybridized carbons (Fsp3) is 0.250. The highest BCUT2D eigenvalue weighted by atomic mass is 35.5. The largest absolute Gasteiger partial charge is 0.354 e. The van der Waals surface area contributed by atoms with Crippen molar-refractivity contribution < 1.29 is 4.79 Å². The summed E-state index contributed by atoms with van der Waals surface area (Å²) < 4.78 is 0. The number of nitrogens with one attached hydrogen (secondary N) is 2. The van der Waals surface area contributed by atoms with Crippen LogP contribution in [0.4, 0.5) is 17.2 Å². The maximum Gasteiger partial charge on any atom is 0.230 e. The van der Waals surface area contributed by atoms with Crippen LogP contribution in [0.1, 0.15) is 20.8 Å². The number of benzene rings is 1. The van der Waals surface area contributed by atoms with Crippen LogP contribution in [-0.2, 0) is 4.79 Å². The molecule has 22 heavy (non-hydrogen) atoms. The monoisotopic (exact) mass is 337 g/mol. The van der Waals surface area contributed by atoms with Crippen molar-refractivity contribution in [3.8, 4) is 0 Å². The number of nitrogens with zero attached hydrogens (tertiary/aromatic N) is 1. The molecule has 116 valence electrons. The van der Waals surface area contributed by atoms with Crippen LogP contribution < -0.4 is 10.6 Å². The van der Waals surface area contributed by atoms with Crippen molar-refractivity contribution in [2.45, 2.75) is 20.8 Å². The Balaban J connectivity index is 2.06. The second kappa shape index (κ2) is 6.55. The quantitative estimate of drug-likeness (QED) is 0.817. The molecular formula is C16H17Cl2N3O. The summed E-state index contributed by atoms with van der Waals surface area (Å²) in [5.41, 5.74) is 1.13. The minimum atomic E-state index is -0.460. The normalized spacial score (nSPS) is 11.1. The molecule has 0 fully saturated rings. The summed E-state index contributed by atoms with van der Waals surface area (Å²) in [7, 11) is 0. The average molecular weight is 338 g/mol. The first-order valence-electron chi connectivity index (χ1n) is 6.75. The fourth-order valence-corrected chi connectivity index (χ4v) is 1.88. The SMILES string of the molecule is CC(C)(C)C(=O)Nc1ccc(Nc2ccc(Cl)c(Cl)c2)cn1. The first kappa shape index (κ1) is 16.6. The Labute approximate surface area is 139 Å². The molecule has 0 unspecified atom stereocenters. The van der Waals surface area contributed by atoms with E-state index in [2.05, 4.69) is 15.6 Å².